The van der Waals surface area contributed by atoms with E-state index in [0.29, 0.717) is 13.0 Å². The lowest BCUT2D eigenvalue weighted by atomic mass is 9.71. The van der Waals surface area contributed by atoms with Crippen LogP contribution in [0.25, 0.3) is 0 Å². The first-order valence-electron chi connectivity index (χ1n) is 8.87. The molecule has 0 aliphatic heterocycles. The van der Waals surface area contributed by atoms with E-state index >= 15 is 0 Å². The lowest BCUT2D eigenvalue weighted by molar-refractivity contribution is -0.118. The molecule has 0 radical (unpaired) electrons. The zero-order valence-corrected chi connectivity index (χ0v) is 14.4. The van der Waals surface area contributed by atoms with Crippen molar-refractivity contribution < 1.29 is 9.53 Å². The molecule has 2 aromatic rings. The Balaban J connectivity index is 1.56. The average molecular weight is 339 g/mol. The van der Waals surface area contributed by atoms with Crippen LogP contribution in [0, 0.1) is 5.41 Å². The summed E-state index contributed by atoms with van der Waals surface area (Å²) in [4.78, 5) is 16.4. The molecule has 0 bridgehead atoms. The summed E-state index contributed by atoms with van der Waals surface area (Å²) in [6.45, 7) is 0.582. The molecule has 132 valence electrons. The van der Waals surface area contributed by atoms with Crippen LogP contribution in [-0.2, 0) is 4.79 Å². The first kappa shape index (κ1) is 17.4. The second-order valence-electron chi connectivity index (χ2n) is 6.80. The summed E-state index contributed by atoms with van der Waals surface area (Å²) < 4.78 is 5.72. The molecule has 1 aliphatic rings. The molecule has 1 amide bonds. The van der Waals surface area contributed by atoms with Crippen molar-refractivity contribution in [3.05, 3.63) is 48.8 Å². The van der Waals surface area contributed by atoms with E-state index in [9.17, 15) is 4.79 Å². The second kappa shape index (κ2) is 8.12. The highest BCUT2D eigenvalue weighted by Crippen LogP contribution is 2.38. The van der Waals surface area contributed by atoms with Crippen LogP contribution in [0.3, 0.4) is 0 Å². The van der Waals surface area contributed by atoms with Crippen LogP contribution in [0.5, 0.6) is 11.5 Å². The van der Waals surface area contributed by atoms with Gasteiger partial charge in [0, 0.05) is 24.5 Å². The van der Waals surface area contributed by atoms with Gasteiger partial charge in [0.1, 0.15) is 11.5 Å². The van der Waals surface area contributed by atoms with Crippen LogP contribution in [0.2, 0.25) is 0 Å². The summed E-state index contributed by atoms with van der Waals surface area (Å²) in [5.74, 6) is 1.49. The topological polar surface area (TPSA) is 77.2 Å². The summed E-state index contributed by atoms with van der Waals surface area (Å²) in [5.41, 5.74) is 6.72. The van der Waals surface area contributed by atoms with Crippen molar-refractivity contribution in [1.82, 2.24) is 4.98 Å². The fraction of sp³-hybridized carbons (Fsp3) is 0.400. The molecule has 1 heterocycles. The average Bonchev–Trinajstić information content (AvgIpc) is 2.65. The minimum absolute atomic E-state index is 0.0211. The van der Waals surface area contributed by atoms with E-state index in [0.717, 1.165) is 30.0 Å². The molecule has 0 atom stereocenters. The number of aromatic nitrogens is 1. The van der Waals surface area contributed by atoms with Gasteiger partial charge in [-0.05, 0) is 61.2 Å². The van der Waals surface area contributed by atoms with Crippen LogP contribution < -0.4 is 15.8 Å². The molecule has 3 N–H and O–H groups in total. The van der Waals surface area contributed by atoms with Crippen molar-refractivity contribution in [2.24, 2.45) is 11.1 Å². The van der Waals surface area contributed by atoms with Gasteiger partial charge in [-0.3, -0.25) is 9.78 Å². The Hall–Kier alpha value is -2.40. The van der Waals surface area contributed by atoms with Crippen LogP contribution in [0.1, 0.15) is 38.5 Å². The third-order valence-electron chi connectivity index (χ3n) is 4.91. The first-order valence-corrected chi connectivity index (χ1v) is 8.87. The van der Waals surface area contributed by atoms with Crippen LogP contribution >= 0.6 is 0 Å². The fourth-order valence-electron chi connectivity index (χ4n) is 3.45. The number of amides is 1. The number of nitrogens with zero attached hydrogens (tertiary/aromatic N) is 1. The summed E-state index contributed by atoms with van der Waals surface area (Å²) in [6, 6.07) is 11.0. The molecule has 1 fully saturated rings. The maximum atomic E-state index is 12.4. The van der Waals surface area contributed by atoms with Crippen molar-refractivity contribution in [2.75, 3.05) is 11.9 Å². The van der Waals surface area contributed by atoms with Crippen molar-refractivity contribution in [3.8, 4) is 11.5 Å². The minimum Gasteiger partial charge on any atom is -0.457 e. The molecule has 3 rings (SSSR count). The van der Waals surface area contributed by atoms with E-state index in [4.69, 9.17) is 10.5 Å². The molecule has 1 aliphatic carbocycles. The lowest BCUT2D eigenvalue weighted by Crippen LogP contribution is -2.36. The maximum Gasteiger partial charge on any atom is 0.224 e. The third kappa shape index (κ3) is 4.79. The summed E-state index contributed by atoms with van der Waals surface area (Å²) in [6.07, 6.45) is 9.56. The molecule has 5 heteroatoms. The number of ether oxygens (including phenoxy) is 1. The lowest BCUT2D eigenvalue weighted by Gasteiger charge is -2.35. The normalized spacial score (nSPS) is 16.2. The van der Waals surface area contributed by atoms with Gasteiger partial charge in [0.2, 0.25) is 5.91 Å². The number of hydrogen-bond donors (Lipinski definition) is 2. The number of rotatable bonds is 6. The molecule has 5 nitrogen and oxygen atoms in total. The molecule has 0 unspecified atom stereocenters. The van der Waals surface area contributed by atoms with Crippen molar-refractivity contribution in [3.63, 3.8) is 0 Å². The van der Waals surface area contributed by atoms with Gasteiger partial charge in [-0.15, -0.1) is 0 Å². The Morgan fingerprint density at radius 2 is 1.68 bits per heavy atom. The molecule has 0 saturated heterocycles. The van der Waals surface area contributed by atoms with E-state index in [1.807, 2.05) is 24.3 Å². The number of carbonyl (C=O) groups is 1. The number of nitrogens with two attached hydrogens (primary N) is 1. The Kier molecular flexibility index (Phi) is 5.66. The SMILES string of the molecule is NCC1(CC(=O)Nc2ccc(Oc3ccncc3)cc2)CCCCC1. The molecule has 1 aromatic heterocycles. The van der Waals surface area contributed by atoms with E-state index in [-0.39, 0.29) is 11.3 Å². The smallest absolute Gasteiger partial charge is 0.224 e. The molecule has 25 heavy (non-hydrogen) atoms. The Morgan fingerprint density at radius 1 is 1.04 bits per heavy atom. The second-order valence-corrected chi connectivity index (χ2v) is 6.80. The summed E-state index contributed by atoms with van der Waals surface area (Å²) in [7, 11) is 0. The van der Waals surface area contributed by atoms with Gasteiger partial charge in [-0.2, -0.15) is 0 Å². The van der Waals surface area contributed by atoms with Crippen LogP contribution in [0.15, 0.2) is 48.8 Å². The number of nitrogens with one attached hydrogen (secondary N) is 1. The first-order chi connectivity index (χ1) is 12.2. The van der Waals surface area contributed by atoms with E-state index in [1.54, 1.807) is 24.5 Å². The summed E-state index contributed by atoms with van der Waals surface area (Å²) in [5, 5.41) is 2.98. The number of carbonyl (C=O) groups excluding carboxylic acids is 1. The number of pyridine rings is 1. The Labute approximate surface area is 148 Å². The molecular formula is C20H25N3O2. The van der Waals surface area contributed by atoms with Gasteiger partial charge in [0.05, 0.1) is 0 Å². The monoisotopic (exact) mass is 339 g/mol. The highest BCUT2D eigenvalue weighted by atomic mass is 16.5. The Bertz CT molecular complexity index is 680. The minimum atomic E-state index is -0.0211. The predicted molar refractivity (Wildman–Crippen MR) is 98.6 cm³/mol. The zero-order chi connectivity index (χ0) is 17.5. The van der Waals surface area contributed by atoms with Crippen LogP contribution in [0.4, 0.5) is 5.69 Å². The van der Waals surface area contributed by atoms with Crippen molar-refractivity contribution >= 4 is 11.6 Å². The van der Waals surface area contributed by atoms with Gasteiger partial charge in [0.15, 0.2) is 0 Å². The van der Waals surface area contributed by atoms with E-state index in [1.165, 1.54) is 19.3 Å². The van der Waals surface area contributed by atoms with Gasteiger partial charge in [0.25, 0.3) is 0 Å². The van der Waals surface area contributed by atoms with Gasteiger partial charge >= 0.3 is 0 Å². The van der Waals surface area contributed by atoms with Crippen molar-refractivity contribution in [2.45, 2.75) is 38.5 Å². The highest BCUT2D eigenvalue weighted by Gasteiger charge is 2.32. The quantitative estimate of drug-likeness (QED) is 0.830. The van der Waals surface area contributed by atoms with Crippen molar-refractivity contribution in [1.29, 1.82) is 0 Å². The fourth-order valence-corrected chi connectivity index (χ4v) is 3.45. The van der Waals surface area contributed by atoms with Gasteiger partial charge < -0.3 is 15.8 Å². The zero-order valence-electron chi connectivity index (χ0n) is 14.4. The number of anilines is 1. The predicted octanol–water partition coefficient (Wildman–Crippen LogP) is 4.11. The van der Waals surface area contributed by atoms with Gasteiger partial charge in [-0.1, -0.05) is 19.3 Å². The van der Waals surface area contributed by atoms with E-state index < -0.39 is 0 Å². The van der Waals surface area contributed by atoms with E-state index in [2.05, 4.69) is 10.3 Å². The number of benzene rings is 1. The highest BCUT2D eigenvalue weighted by molar-refractivity contribution is 5.91. The largest absolute Gasteiger partial charge is 0.457 e. The Morgan fingerprint density at radius 3 is 2.32 bits per heavy atom. The maximum absolute atomic E-state index is 12.4. The number of hydrogen-bond acceptors (Lipinski definition) is 4. The molecule has 1 aromatic carbocycles. The van der Waals surface area contributed by atoms with Crippen LogP contribution in [-0.4, -0.2) is 17.4 Å². The molecule has 0 spiro atoms. The third-order valence-corrected chi connectivity index (χ3v) is 4.91. The van der Waals surface area contributed by atoms with Gasteiger partial charge in [-0.25, -0.2) is 0 Å². The summed E-state index contributed by atoms with van der Waals surface area (Å²) >= 11 is 0. The molecule has 1 saturated carbocycles. The standard InChI is InChI=1S/C20H25N3O2/c21-15-20(10-2-1-3-11-20)14-19(24)23-16-4-6-17(7-5-16)25-18-8-12-22-13-9-18/h4-9,12-13H,1-3,10-11,14-15,21H2,(H,23,24). The molecular weight excluding hydrogens is 314 g/mol.